The SMILES string of the molecule is CCCCCOc1ccc(/C(O)=C2\C(=O)C(=O)N(c3ccc(CC(=O)OC)cc3)C2c2ccc(O)cc2)cc1. The summed E-state index contributed by atoms with van der Waals surface area (Å²) < 4.78 is 10.5. The van der Waals surface area contributed by atoms with E-state index in [9.17, 15) is 24.6 Å². The van der Waals surface area contributed by atoms with Crippen molar-refractivity contribution >= 4 is 29.1 Å². The summed E-state index contributed by atoms with van der Waals surface area (Å²) in [5.74, 6) is -1.67. The summed E-state index contributed by atoms with van der Waals surface area (Å²) in [5, 5.41) is 21.1. The molecule has 39 heavy (non-hydrogen) atoms. The molecule has 1 unspecified atom stereocenters. The molecular weight excluding hydrogens is 498 g/mol. The van der Waals surface area contributed by atoms with Gasteiger partial charge >= 0.3 is 5.97 Å². The van der Waals surface area contributed by atoms with Crippen LogP contribution in [0.15, 0.2) is 78.4 Å². The van der Waals surface area contributed by atoms with Gasteiger partial charge in [-0.1, -0.05) is 44.0 Å². The zero-order chi connectivity index (χ0) is 27.9. The molecule has 4 rings (SSSR count). The van der Waals surface area contributed by atoms with Gasteiger partial charge in [-0.25, -0.2) is 0 Å². The zero-order valence-corrected chi connectivity index (χ0v) is 21.9. The van der Waals surface area contributed by atoms with Gasteiger partial charge < -0.3 is 19.7 Å². The Morgan fingerprint density at radius 1 is 0.923 bits per heavy atom. The van der Waals surface area contributed by atoms with Crippen LogP contribution in [-0.2, 0) is 25.5 Å². The van der Waals surface area contributed by atoms with Crippen molar-refractivity contribution in [1.29, 1.82) is 0 Å². The third kappa shape index (κ3) is 6.12. The van der Waals surface area contributed by atoms with Gasteiger partial charge in [0.05, 0.1) is 31.8 Å². The van der Waals surface area contributed by atoms with Crippen molar-refractivity contribution in [3.8, 4) is 11.5 Å². The number of carbonyl (C=O) groups excluding carboxylic acids is 3. The van der Waals surface area contributed by atoms with Crippen LogP contribution in [0.5, 0.6) is 11.5 Å². The smallest absolute Gasteiger partial charge is 0.309 e. The first-order chi connectivity index (χ1) is 18.8. The number of Topliss-reactive ketones (excluding diaryl/α,β-unsaturated/α-hetero) is 1. The summed E-state index contributed by atoms with van der Waals surface area (Å²) in [6, 6.07) is 18.5. The Morgan fingerprint density at radius 2 is 1.59 bits per heavy atom. The van der Waals surface area contributed by atoms with Crippen molar-refractivity contribution in [1.82, 2.24) is 0 Å². The first-order valence-electron chi connectivity index (χ1n) is 12.8. The van der Waals surface area contributed by atoms with Crippen molar-refractivity contribution in [3.05, 3.63) is 95.1 Å². The number of esters is 1. The van der Waals surface area contributed by atoms with Gasteiger partial charge in [0.1, 0.15) is 17.3 Å². The number of phenolic OH excluding ortho intramolecular Hbond substituents is 1. The normalized spacial score (nSPS) is 16.4. The number of amides is 1. The molecule has 1 atom stereocenters. The van der Waals surface area contributed by atoms with E-state index in [1.165, 1.54) is 24.1 Å². The second kappa shape index (κ2) is 12.3. The fourth-order valence-electron chi connectivity index (χ4n) is 4.49. The molecule has 8 nitrogen and oxygen atoms in total. The lowest BCUT2D eigenvalue weighted by Gasteiger charge is -2.25. The van der Waals surface area contributed by atoms with E-state index in [0.717, 1.165) is 19.3 Å². The van der Waals surface area contributed by atoms with Gasteiger partial charge in [0.15, 0.2) is 0 Å². The van der Waals surface area contributed by atoms with Crippen LogP contribution in [0.4, 0.5) is 5.69 Å². The average molecular weight is 530 g/mol. The maximum atomic E-state index is 13.3. The van der Waals surface area contributed by atoms with E-state index in [-0.39, 0.29) is 23.5 Å². The van der Waals surface area contributed by atoms with Crippen LogP contribution in [0.3, 0.4) is 0 Å². The van der Waals surface area contributed by atoms with Crippen LogP contribution >= 0.6 is 0 Å². The maximum Gasteiger partial charge on any atom is 0.309 e. The Hall–Kier alpha value is -4.59. The molecule has 3 aromatic rings. The maximum absolute atomic E-state index is 13.3. The number of carbonyl (C=O) groups is 3. The molecule has 0 aromatic heterocycles. The molecule has 1 amide bonds. The summed E-state index contributed by atoms with van der Waals surface area (Å²) in [6.07, 6.45) is 3.17. The molecule has 0 spiro atoms. The highest BCUT2D eigenvalue weighted by molar-refractivity contribution is 6.51. The second-order valence-electron chi connectivity index (χ2n) is 9.26. The van der Waals surface area contributed by atoms with Gasteiger partial charge in [-0.15, -0.1) is 0 Å². The van der Waals surface area contributed by atoms with Crippen molar-refractivity contribution in [2.75, 3.05) is 18.6 Å². The summed E-state index contributed by atoms with van der Waals surface area (Å²) >= 11 is 0. The van der Waals surface area contributed by atoms with E-state index < -0.39 is 23.7 Å². The van der Waals surface area contributed by atoms with Crippen LogP contribution in [0.1, 0.15) is 48.9 Å². The number of ether oxygens (including phenoxy) is 2. The van der Waals surface area contributed by atoms with Crippen molar-refractivity contribution in [2.45, 2.75) is 38.6 Å². The predicted molar refractivity (Wildman–Crippen MR) is 147 cm³/mol. The van der Waals surface area contributed by atoms with Crippen LogP contribution in [0, 0.1) is 0 Å². The number of hydrogen-bond acceptors (Lipinski definition) is 7. The number of aromatic hydroxyl groups is 1. The highest BCUT2D eigenvalue weighted by atomic mass is 16.5. The molecular formula is C31H31NO7. The number of aliphatic hydroxyl groups is 1. The summed E-state index contributed by atoms with van der Waals surface area (Å²) in [4.78, 5) is 39.6. The molecule has 0 saturated carbocycles. The molecule has 2 N–H and O–H groups in total. The monoisotopic (exact) mass is 529 g/mol. The molecule has 0 aliphatic carbocycles. The highest BCUT2D eigenvalue weighted by Gasteiger charge is 2.47. The molecule has 3 aromatic carbocycles. The number of anilines is 1. The lowest BCUT2D eigenvalue weighted by atomic mass is 9.95. The number of benzene rings is 3. The average Bonchev–Trinajstić information content (AvgIpc) is 3.21. The summed E-state index contributed by atoms with van der Waals surface area (Å²) in [6.45, 7) is 2.70. The van der Waals surface area contributed by atoms with Gasteiger partial charge in [0.25, 0.3) is 11.7 Å². The van der Waals surface area contributed by atoms with Crippen molar-refractivity contribution in [2.24, 2.45) is 0 Å². The fraction of sp³-hybridized carbons (Fsp3) is 0.258. The second-order valence-corrected chi connectivity index (χ2v) is 9.26. The molecule has 1 aliphatic heterocycles. The Labute approximate surface area is 227 Å². The van der Waals surface area contributed by atoms with Crippen molar-refractivity contribution < 1.29 is 34.1 Å². The van der Waals surface area contributed by atoms with E-state index in [4.69, 9.17) is 9.47 Å². The Kier molecular flexibility index (Phi) is 8.66. The fourth-order valence-corrected chi connectivity index (χ4v) is 4.49. The predicted octanol–water partition coefficient (Wildman–Crippen LogP) is 5.30. The highest BCUT2D eigenvalue weighted by Crippen LogP contribution is 2.42. The summed E-state index contributed by atoms with van der Waals surface area (Å²) in [7, 11) is 1.31. The van der Waals surface area contributed by atoms with Gasteiger partial charge in [-0.2, -0.15) is 0 Å². The minimum Gasteiger partial charge on any atom is -0.508 e. The Bertz CT molecular complexity index is 1360. The number of phenols is 1. The lowest BCUT2D eigenvalue weighted by molar-refractivity contribution is -0.139. The minimum atomic E-state index is -0.943. The Morgan fingerprint density at radius 3 is 2.21 bits per heavy atom. The Balaban J connectivity index is 1.72. The van der Waals surface area contributed by atoms with Crippen LogP contribution < -0.4 is 9.64 Å². The van der Waals surface area contributed by atoms with Crippen molar-refractivity contribution in [3.63, 3.8) is 0 Å². The lowest BCUT2D eigenvalue weighted by Crippen LogP contribution is -2.29. The number of methoxy groups -OCH3 is 1. The topological polar surface area (TPSA) is 113 Å². The molecule has 1 saturated heterocycles. The first-order valence-corrected chi connectivity index (χ1v) is 12.8. The number of hydrogen-bond donors (Lipinski definition) is 2. The van der Waals surface area contributed by atoms with E-state index in [2.05, 4.69) is 6.92 Å². The third-order valence-corrected chi connectivity index (χ3v) is 6.59. The number of unbranched alkanes of at least 4 members (excludes halogenated alkanes) is 2. The van der Waals surface area contributed by atoms with E-state index in [1.54, 1.807) is 60.7 Å². The zero-order valence-electron chi connectivity index (χ0n) is 21.9. The molecule has 1 heterocycles. The number of aliphatic hydroxyl groups excluding tert-OH is 1. The van der Waals surface area contributed by atoms with Gasteiger partial charge in [0, 0.05) is 11.3 Å². The standard InChI is InChI=1S/C31H31NO7/c1-3-4-5-18-39-25-16-10-22(11-17-25)29(35)27-28(21-8-14-24(33)15-9-21)32(31(37)30(27)36)23-12-6-20(7-13-23)19-26(34)38-2/h6-17,28,33,35H,3-5,18-19H2,1-2H3/b29-27+. The molecule has 8 heteroatoms. The molecule has 1 aliphatic rings. The molecule has 0 bridgehead atoms. The number of nitrogens with zero attached hydrogens (tertiary/aromatic N) is 1. The van der Waals surface area contributed by atoms with Crippen LogP contribution in [0.2, 0.25) is 0 Å². The van der Waals surface area contributed by atoms with Crippen LogP contribution in [0.25, 0.3) is 5.76 Å². The third-order valence-electron chi connectivity index (χ3n) is 6.59. The molecule has 202 valence electrons. The molecule has 1 fully saturated rings. The van der Waals surface area contributed by atoms with E-state index >= 15 is 0 Å². The van der Waals surface area contributed by atoms with E-state index in [0.29, 0.717) is 34.7 Å². The van der Waals surface area contributed by atoms with E-state index in [1.807, 2.05) is 0 Å². The van der Waals surface area contributed by atoms with Crippen LogP contribution in [-0.4, -0.2) is 41.6 Å². The number of ketones is 1. The minimum absolute atomic E-state index is 0.0254. The molecule has 0 radical (unpaired) electrons. The van der Waals surface area contributed by atoms with Gasteiger partial charge in [0.2, 0.25) is 0 Å². The quantitative estimate of drug-likeness (QED) is 0.120. The first kappa shape index (κ1) is 27.4. The van der Waals surface area contributed by atoms with Gasteiger partial charge in [-0.05, 0) is 66.1 Å². The van der Waals surface area contributed by atoms with Gasteiger partial charge in [-0.3, -0.25) is 19.3 Å². The number of rotatable bonds is 10. The largest absolute Gasteiger partial charge is 0.508 e. The summed E-state index contributed by atoms with van der Waals surface area (Å²) in [5.41, 5.74) is 1.93.